The molecular formula is C23H40N12O. The number of carbonyl (C=O) groups is 1. The first kappa shape index (κ1) is 29.8. The van der Waals surface area contributed by atoms with Gasteiger partial charge in [0.05, 0.1) is 24.5 Å². The van der Waals surface area contributed by atoms with Crippen LogP contribution in [0.25, 0.3) is 11.4 Å². The Labute approximate surface area is 212 Å². The van der Waals surface area contributed by atoms with Gasteiger partial charge in [-0.25, -0.2) is 9.97 Å². The molecule has 0 atom stereocenters. The highest BCUT2D eigenvalue weighted by molar-refractivity contribution is 5.81. The minimum Gasteiger partial charge on any atom is -0.386 e. The van der Waals surface area contributed by atoms with E-state index in [1.54, 1.807) is 0 Å². The van der Waals surface area contributed by atoms with Crippen molar-refractivity contribution in [3.05, 3.63) is 61.4 Å². The molecule has 1 amide bonds. The first-order valence-corrected chi connectivity index (χ1v) is 11.3. The van der Waals surface area contributed by atoms with Crippen molar-refractivity contribution in [2.45, 2.75) is 0 Å². The Morgan fingerprint density at radius 2 is 1.00 bits per heavy atom. The minimum atomic E-state index is -0.237. The molecule has 0 radical (unpaired) electrons. The second-order valence-electron chi connectivity index (χ2n) is 7.70. The van der Waals surface area contributed by atoms with Gasteiger partial charge >= 0.3 is 0 Å². The number of nitrogens with zero attached hydrogens (tertiary/aromatic N) is 2. The summed E-state index contributed by atoms with van der Waals surface area (Å²) in [6.45, 7) is 22.6. The third-order valence-corrected chi connectivity index (χ3v) is 4.69. The van der Waals surface area contributed by atoms with Crippen LogP contribution in [0.3, 0.4) is 0 Å². The van der Waals surface area contributed by atoms with Gasteiger partial charge in [-0.15, -0.1) is 0 Å². The minimum absolute atomic E-state index is 0.0291. The van der Waals surface area contributed by atoms with Crippen molar-refractivity contribution in [2.24, 2.45) is 11.5 Å². The summed E-state index contributed by atoms with van der Waals surface area (Å²) in [5, 5.41) is 17.9. The molecule has 1 aromatic heterocycles. The summed E-state index contributed by atoms with van der Waals surface area (Å²) in [7, 11) is 0. The average Bonchev–Trinajstić information content (AvgIpc) is 2.86. The number of hydrogen-bond donors (Lipinski definition) is 10. The zero-order valence-electron chi connectivity index (χ0n) is 20.8. The van der Waals surface area contributed by atoms with E-state index in [2.05, 4.69) is 74.8 Å². The average molecular weight is 501 g/mol. The van der Waals surface area contributed by atoms with E-state index in [9.17, 15) is 4.79 Å². The highest BCUT2D eigenvalue weighted by atomic mass is 16.1. The Balaban J connectivity index is 2.52. The van der Waals surface area contributed by atoms with Crippen molar-refractivity contribution >= 4 is 28.9 Å². The third-order valence-electron chi connectivity index (χ3n) is 4.69. The van der Waals surface area contributed by atoms with Gasteiger partial charge in [0.2, 0.25) is 5.91 Å². The van der Waals surface area contributed by atoms with E-state index in [0.29, 0.717) is 68.6 Å². The summed E-state index contributed by atoms with van der Waals surface area (Å²) in [5.41, 5.74) is 26.6. The van der Waals surface area contributed by atoms with E-state index < -0.39 is 0 Å². The van der Waals surface area contributed by atoms with Gasteiger partial charge in [-0.05, 0) is 0 Å². The van der Waals surface area contributed by atoms with Gasteiger partial charge in [0.15, 0.2) is 11.6 Å². The molecule has 13 heteroatoms. The molecule has 0 aromatic carbocycles. The van der Waals surface area contributed by atoms with Crippen molar-refractivity contribution < 1.29 is 4.79 Å². The molecule has 0 saturated carbocycles. The monoisotopic (exact) mass is 500 g/mol. The summed E-state index contributed by atoms with van der Waals surface area (Å²) in [6, 6.07) is 0. The lowest BCUT2D eigenvalue weighted by Gasteiger charge is -2.16. The Morgan fingerprint density at radius 3 is 1.44 bits per heavy atom. The molecule has 0 saturated heterocycles. The summed E-state index contributed by atoms with van der Waals surface area (Å²) < 4.78 is 0. The first-order valence-electron chi connectivity index (χ1n) is 11.3. The predicted molar refractivity (Wildman–Crippen MR) is 147 cm³/mol. The SMILES string of the molecule is C=C(CN)NCCNC(=C)CNC(=C)c1nc(N)c(C(=C)NCC(=O)NCCNC(=C)CN)nc1N. The second kappa shape index (κ2) is 15.6. The van der Waals surface area contributed by atoms with E-state index in [1.807, 2.05) is 0 Å². The molecule has 13 nitrogen and oxygen atoms in total. The molecule has 1 rings (SSSR count). The molecule has 198 valence electrons. The molecule has 1 aromatic rings. The summed E-state index contributed by atoms with van der Waals surface area (Å²) in [4.78, 5) is 20.6. The van der Waals surface area contributed by atoms with Gasteiger partial charge in [-0.2, -0.15) is 0 Å². The Bertz CT molecular complexity index is 894. The molecule has 1 heterocycles. The lowest BCUT2D eigenvalue weighted by atomic mass is 10.2. The number of nitrogen functional groups attached to an aromatic ring is 2. The third kappa shape index (κ3) is 10.8. The molecule has 0 aliphatic rings. The first-order chi connectivity index (χ1) is 17.1. The van der Waals surface area contributed by atoms with Crippen LogP contribution < -0.4 is 54.8 Å². The molecule has 0 fully saturated rings. The maximum absolute atomic E-state index is 12.0. The van der Waals surface area contributed by atoms with Gasteiger partial charge in [-0.3, -0.25) is 4.79 Å². The normalized spacial score (nSPS) is 10.1. The molecule has 0 bridgehead atoms. The van der Waals surface area contributed by atoms with E-state index >= 15 is 0 Å². The van der Waals surface area contributed by atoms with Gasteiger partial charge in [0.1, 0.15) is 11.4 Å². The molecule has 36 heavy (non-hydrogen) atoms. The Hall–Kier alpha value is -4.23. The van der Waals surface area contributed by atoms with Crippen LogP contribution in [-0.4, -0.2) is 68.2 Å². The number of carbonyl (C=O) groups excluding carboxylic acids is 1. The molecule has 0 aliphatic heterocycles. The fourth-order valence-corrected chi connectivity index (χ4v) is 2.66. The van der Waals surface area contributed by atoms with Crippen LogP contribution in [0.5, 0.6) is 0 Å². The van der Waals surface area contributed by atoms with Crippen molar-refractivity contribution in [3.8, 4) is 0 Å². The zero-order valence-corrected chi connectivity index (χ0v) is 20.8. The number of nitrogens with two attached hydrogens (primary N) is 4. The highest BCUT2D eigenvalue weighted by Crippen LogP contribution is 2.21. The van der Waals surface area contributed by atoms with Crippen LogP contribution >= 0.6 is 0 Å². The van der Waals surface area contributed by atoms with Crippen LogP contribution in [0, 0.1) is 0 Å². The fraction of sp³-hybridized carbons (Fsp3) is 0.348. The summed E-state index contributed by atoms with van der Waals surface area (Å²) in [6.07, 6.45) is 0. The lowest BCUT2D eigenvalue weighted by Crippen LogP contribution is -2.37. The molecule has 14 N–H and O–H groups in total. The number of anilines is 2. The van der Waals surface area contributed by atoms with Crippen molar-refractivity contribution in [1.82, 2.24) is 41.9 Å². The van der Waals surface area contributed by atoms with Crippen LogP contribution in [0.1, 0.15) is 11.4 Å². The van der Waals surface area contributed by atoms with E-state index in [0.717, 1.165) is 11.4 Å². The zero-order chi connectivity index (χ0) is 27.1. The van der Waals surface area contributed by atoms with Crippen LogP contribution in [-0.2, 0) is 4.79 Å². The standard InChI is InChI=1S/C23H40N12O/c1-14(10-24)28-6-7-30-16(3)12-32-17(4)20-22(26)35-21(23(27)34-20)18(5)33-13-19(36)31-9-8-29-15(2)11-25/h28-30,32-33H,1-13,24-25H2,(H2,26,35)(H2,27,34)(H,31,36). The number of aromatic nitrogens is 2. The molecule has 0 aliphatic carbocycles. The van der Waals surface area contributed by atoms with E-state index in [4.69, 9.17) is 22.9 Å². The number of nitrogens with one attached hydrogen (secondary N) is 6. The van der Waals surface area contributed by atoms with E-state index in [-0.39, 0.29) is 29.8 Å². The highest BCUT2D eigenvalue weighted by Gasteiger charge is 2.15. The van der Waals surface area contributed by atoms with Gasteiger partial charge in [0, 0.05) is 56.4 Å². The topological polar surface area (TPSA) is 219 Å². The molecule has 0 unspecified atom stereocenters. The smallest absolute Gasteiger partial charge is 0.239 e. The molecular weight excluding hydrogens is 460 g/mol. The Kier molecular flexibility index (Phi) is 12.9. The molecule has 0 spiro atoms. The predicted octanol–water partition coefficient (Wildman–Crippen LogP) is -1.89. The largest absolute Gasteiger partial charge is 0.386 e. The fourth-order valence-electron chi connectivity index (χ4n) is 2.66. The number of rotatable bonds is 19. The van der Waals surface area contributed by atoms with E-state index in [1.165, 1.54) is 0 Å². The second-order valence-corrected chi connectivity index (χ2v) is 7.70. The van der Waals surface area contributed by atoms with Gasteiger partial charge in [0.25, 0.3) is 0 Å². The number of hydrogen-bond acceptors (Lipinski definition) is 12. The quantitative estimate of drug-likeness (QED) is 0.0942. The van der Waals surface area contributed by atoms with Crippen LogP contribution in [0.4, 0.5) is 11.6 Å². The summed E-state index contributed by atoms with van der Waals surface area (Å²) >= 11 is 0. The van der Waals surface area contributed by atoms with Crippen LogP contribution in [0.15, 0.2) is 50.0 Å². The van der Waals surface area contributed by atoms with Gasteiger partial charge in [-0.1, -0.05) is 32.9 Å². The van der Waals surface area contributed by atoms with Crippen molar-refractivity contribution in [3.63, 3.8) is 0 Å². The van der Waals surface area contributed by atoms with Gasteiger partial charge < -0.3 is 54.8 Å². The van der Waals surface area contributed by atoms with Crippen molar-refractivity contribution in [1.29, 1.82) is 0 Å². The maximum Gasteiger partial charge on any atom is 0.239 e. The lowest BCUT2D eigenvalue weighted by molar-refractivity contribution is -0.120. The number of amides is 1. The summed E-state index contributed by atoms with van der Waals surface area (Å²) in [5.74, 6) is -0.0370. The Morgan fingerprint density at radius 1 is 0.611 bits per heavy atom. The van der Waals surface area contributed by atoms with Crippen LogP contribution in [0.2, 0.25) is 0 Å². The van der Waals surface area contributed by atoms with Crippen molar-refractivity contribution in [2.75, 3.05) is 63.8 Å². The maximum atomic E-state index is 12.0.